The zero-order chi connectivity index (χ0) is 15.7. The highest BCUT2D eigenvalue weighted by molar-refractivity contribution is 7.98. The summed E-state index contributed by atoms with van der Waals surface area (Å²) in [6.45, 7) is 0.926. The van der Waals surface area contributed by atoms with Gasteiger partial charge in [0.1, 0.15) is 12.3 Å². The molecule has 0 fully saturated rings. The summed E-state index contributed by atoms with van der Waals surface area (Å²) in [5, 5.41) is 27.0. The van der Waals surface area contributed by atoms with Gasteiger partial charge in [-0.2, -0.15) is 11.8 Å². The summed E-state index contributed by atoms with van der Waals surface area (Å²) in [4.78, 5) is 9.82. The minimum Gasteiger partial charge on any atom is -0.634 e. The van der Waals surface area contributed by atoms with Gasteiger partial charge in [0.05, 0.1) is 17.7 Å². The first-order valence-corrected chi connectivity index (χ1v) is 7.58. The molecule has 8 nitrogen and oxygen atoms in total. The SMILES string of the molecule is CN/C(=C\[N+](=O)[O-])NCCSCc1ccc(C[NH+](C)[O-])o1. The number of quaternary nitrogens is 1. The number of nitrogens with one attached hydrogen (secondary N) is 3. The maximum atomic E-state index is 11.0. The molecule has 0 aromatic carbocycles. The highest BCUT2D eigenvalue weighted by Gasteiger charge is 2.04. The summed E-state index contributed by atoms with van der Waals surface area (Å²) >= 11 is 1.64. The molecule has 0 amide bonds. The van der Waals surface area contributed by atoms with Gasteiger partial charge in [-0.25, -0.2) is 0 Å². The van der Waals surface area contributed by atoms with Crippen molar-refractivity contribution in [1.29, 1.82) is 0 Å². The van der Waals surface area contributed by atoms with Crippen molar-refractivity contribution in [2.24, 2.45) is 0 Å². The average molecular weight is 316 g/mol. The van der Waals surface area contributed by atoms with Gasteiger partial charge >= 0.3 is 0 Å². The normalized spacial score (nSPS) is 13.0. The lowest BCUT2D eigenvalue weighted by molar-refractivity contribution is -0.841. The molecule has 0 aliphatic heterocycles. The Bertz CT molecular complexity index is 476. The largest absolute Gasteiger partial charge is 0.634 e. The number of hydrogen-bond acceptors (Lipinski definition) is 7. The van der Waals surface area contributed by atoms with E-state index in [1.807, 2.05) is 12.1 Å². The van der Waals surface area contributed by atoms with E-state index in [-0.39, 0.29) is 5.06 Å². The van der Waals surface area contributed by atoms with Gasteiger partial charge in [0.15, 0.2) is 11.6 Å². The number of nitrogens with zero attached hydrogens (tertiary/aromatic N) is 1. The molecule has 1 aromatic heterocycles. The molecule has 118 valence electrons. The van der Waals surface area contributed by atoms with Gasteiger partial charge in [0.2, 0.25) is 0 Å². The maximum Gasteiger partial charge on any atom is 0.274 e. The van der Waals surface area contributed by atoms with Crippen LogP contribution in [0.3, 0.4) is 0 Å². The molecule has 0 saturated heterocycles. The first-order valence-electron chi connectivity index (χ1n) is 6.43. The van der Waals surface area contributed by atoms with E-state index in [0.29, 0.717) is 30.4 Å². The van der Waals surface area contributed by atoms with Gasteiger partial charge in [-0.05, 0) is 12.1 Å². The predicted molar refractivity (Wildman–Crippen MR) is 81.0 cm³/mol. The van der Waals surface area contributed by atoms with Crippen molar-refractivity contribution in [3.63, 3.8) is 0 Å². The lowest BCUT2D eigenvalue weighted by atomic mass is 10.4. The molecule has 0 spiro atoms. The molecule has 0 bridgehead atoms. The summed E-state index contributed by atoms with van der Waals surface area (Å²) in [7, 11) is 3.15. The second-order valence-corrected chi connectivity index (χ2v) is 5.41. The van der Waals surface area contributed by atoms with Crippen molar-refractivity contribution >= 4 is 11.8 Å². The molecule has 0 saturated carbocycles. The van der Waals surface area contributed by atoms with Crippen LogP contribution in [0.25, 0.3) is 0 Å². The summed E-state index contributed by atoms with van der Waals surface area (Å²) < 4.78 is 5.52. The number of nitro groups is 1. The van der Waals surface area contributed by atoms with E-state index >= 15 is 0 Å². The van der Waals surface area contributed by atoms with Crippen LogP contribution in [-0.4, -0.2) is 31.3 Å². The van der Waals surface area contributed by atoms with Gasteiger partial charge in [0, 0.05) is 19.3 Å². The number of furan rings is 1. The van der Waals surface area contributed by atoms with Crippen LogP contribution in [0.2, 0.25) is 0 Å². The van der Waals surface area contributed by atoms with E-state index in [2.05, 4.69) is 10.6 Å². The number of rotatable bonds is 10. The highest BCUT2D eigenvalue weighted by atomic mass is 32.2. The van der Waals surface area contributed by atoms with E-state index in [4.69, 9.17) is 4.42 Å². The van der Waals surface area contributed by atoms with Gasteiger partial charge in [-0.1, -0.05) is 0 Å². The standard InChI is InChI=1S/C12H20N4O4S/c1-13-12(8-16(18)19)14-5-6-21-9-11-4-3-10(20-11)7-15(2)17/h3-4,8,13-15H,5-7,9H2,1-2H3/b12-8+. The third-order valence-corrected chi connectivity index (χ3v) is 3.43. The highest BCUT2D eigenvalue weighted by Crippen LogP contribution is 2.14. The topological polar surface area (TPSA) is 108 Å². The van der Waals surface area contributed by atoms with Crippen molar-refractivity contribution in [2.45, 2.75) is 12.3 Å². The lowest BCUT2D eigenvalue weighted by Crippen LogP contribution is -3.02. The zero-order valence-electron chi connectivity index (χ0n) is 12.0. The van der Waals surface area contributed by atoms with Crippen LogP contribution in [0.5, 0.6) is 0 Å². The van der Waals surface area contributed by atoms with Crippen LogP contribution in [-0.2, 0) is 12.3 Å². The fourth-order valence-corrected chi connectivity index (χ4v) is 2.32. The van der Waals surface area contributed by atoms with Crippen LogP contribution >= 0.6 is 11.8 Å². The summed E-state index contributed by atoms with van der Waals surface area (Å²) in [5.41, 5.74) is 0. The molecule has 0 radical (unpaired) electrons. The molecular formula is C12H20N4O4S. The minimum absolute atomic E-state index is 0.0740. The first kappa shape index (κ1) is 17.3. The van der Waals surface area contributed by atoms with Crippen molar-refractivity contribution in [2.75, 3.05) is 26.4 Å². The van der Waals surface area contributed by atoms with E-state index in [9.17, 15) is 15.3 Å². The molecule has 9 heteroatoms. The summed E-state index contributed by atoms with van der Waals surface area (Å²) in [5.74, 6) is 3.36. The van der Waals surface area contributed by atoms with Crippen LogP contribution in [0.15, 0.2) is 28.6 Å². The van der Waals surface area contributed by atoms with Gasteiger partial charge < -0.3 is 25.3 Å². The smallest absolute Gasteiger partial charge is 0.274 e. The molecule has 1 unspecified atom stereocenters. The van der Waals surface area contributed by atoms with Crippen molar-refractivity contribution < 1.29 is 14.4 Å². The quantitative estimate of drug-likeness (QED) is 0.314. The van der Waals surface area contributed by atoms with Crippen LogP contribution in [0.4, 0.5) is 0 Å². The predicted octanol–water partition coefficient (Wildman–Crippen LogP) is -0.0901. The summed E-state index contributed by atoms with van der Waals surface area (Å²) in [6.07, 6.45) is 0.894. The molecule has 1 aromatic rings. The first-order chi connectivity index (χ1) is 10.0. The monoisotopic (exact) mass is 316 g/mol. The van der Waals surface area contributed by atoms with Crippen molar-refractivity contribution in [1.82, 2.24) is 10.6 Å². The van der Waals surface area contributed by atoms with E-state index in [1.54, 1.807) is 18.8 Å². The van der Waals surface area contributed by atoms with Gasteiger partial charge in [-0.15, -0.1) is 0 Å². The Kier molecular flexibility index (Phi) is 7.65. The second kappa shape index (κ2) is 9.27. The lowest BCUT2D eigenvalue weighted by Gasteiger charge is -2.13. The van der Waals surface area contributed by atoms with Crippen LogP contribution < -0.4 is 15.7 Å². The molecule has 1 atom stereocenters. The van der Waals surface area contributed by atoms with E-state index in [0.717, 1.165) is 17.7 Å². The number of hydrogen-bond donors (Lipinski definition) is 3. The van der Waals surface area contributed by atoms with Gasteiger partial charge in [0.25, 0.3) is 6.20 Å². The third-order valence-electron chi connectivity index (χ3n) is 2.45. The number of hydroxylamine groups is 2. The Hall–Kier alpha value is -1.71. The molecular weight excluding hydrogens is 296 g/mol. The zero-order valence-corrected chi connectivity index (χ0v) is 12.9. The Morgan fingerprint density at radius 2 is 2.24 bits per heavy atom. The van der Waals surface area contributed by atoms with Crippen molar-refractivity contribution in [3.05, 3.63) is 51.0 Å². The van der Waals surface area contributed by atoms with E-state index in [1.165, 1.54) is 7.05 Å². The Morgan fingerprint density at radius 3 is 2.86 bits per heavy atom. The minimum atomic E-state index is -0.509. The van der Waals surface area contributed by atoms with Crippen LogP contribution in [0, 0.1) is 15.3 Å². The van der Waals surface area contributed by atoms with E-state index < -0.39 is 4.92 Å². The fourth-order valence-electron chi connectivity index (χ4n) is 1.57. The summed E-state index contributed by atoms with van der Waals surface area (Å²) in [6, 6.07) is 3.68. The molecule has 21 heavy (non-hydrogen) atoms. The molecule has 0 aliphatic carbocycles. The molecule has 1 rings (SSSR count). The Morgan fingerprint density at radius 1 is 1.52 bits per heavy atom. The Balaban J connectivity index is 2.22. The van der Waals surface area contributed by atoms with Crippen molar-refractivity contribution in [3.8, 4) is 0 Å². The van der Waals surface area contributed by atoms with Gasteiger partial charge in [-0.3, -0.25) is 10.1 Å². The average Bonchev–Trinajstić information content (AvgIpc) is 2.83. The second-order valence-electron chi connectivity index (χ2n) is 4.30. The third kappa shape index (κ3) is 7.59. The van der Waals surface area contributed by atoms with Crippen LogP contribution in [0.1, 0.15) is 11.5 Å². The number of thioether (sulfide) groups is 1. The fraction of sp³-hybridized carbons (Fsp3) is 0.500. The maximum absolute atomic E-state index is 11.0. The Labute approximate surface area is 127 Å². The molecule has 0 aliphatic rings. The molecule has 3 N–H and O–H groups in total. The molecule has 1 heterocycles.